The van der Waals surface area contributed by atoms with Gasteiger partial charge in [-0.2, -0.15) is 0 Å². The van der Waals surface area contributed by atoms with Crippen molar-refractivity contribution in [1.82, 2.24) is 9.97 Å². The number of carbonyl (C=O) groups excluding carboxylic acids is 1. The maximum absolute atomic E-state index is 14.9. The SMILES string of the molecule is CCCCCCCC[C@](C)(F)C(=O)Oc1ccc(-c2cnc(-c3ccc(OCCCC[C@@H](C)F)cc3)nc2)cc1. The zero-order chi connectivity index (χ0) is 28.8. The summed E-state index contributed by atoms with van der Waals surface area (Å²) >= 11 is 0. The predicted molar refractivity (Wildman–Crippen MR) is 156 cm³/mol. The molecule has 3 aromatic rings. The van der Waals surface area contributed by atoms with E-state index in [1.165, 1.54) is 19.8 Å². The normalized spacial score (nSPS) is 13.4. The molecule has 1 aromatic heterocycles. The quantitative estimate of drug-likeness (QED) is 0.0949. The minimum atomic E-state index is -2.01. The largest absolute Gasteiger partial charge is 0.494 e. The number of halogens is 2. The zero-order valence-corrected chi connectivity index (χ0v) is 24.0. The lowest BCUT2D eigenvalue weighted by atomic mass is 9.99. The summed E-state index contributed by atoms with van der Waals surface area (Å²) in [6.07, 6.45) is 11.2. The third-order valence-electron chi connectivity index (χ3n) is 6.85. The van der Waals surface area contributed by atoms with Crippen molar-refractivity contribution in [2.75, 3.05) is 6.61 Å². The molecule has 0 aliphatic carbocycles. The number of hydrogen-bond acceptors (Lipinski definition) is 5. The number of carbonyl (C=O) groups is 1. The second-order valence-electron chi connectivity index (χ2n) is 10.6. The van der Waals surface area contributed by atoms with Crippen molar-refractivity contribution < 1.29 is 23.0 Å². The Morgan fingerprint density at radius 2 is 1.43 bits per heavy atom. The molecule has 2 aromatic carbocycles. The van der Waals surface area contributed by atoms with E-state index < -0.39 is 17.8 Å². The van der Waals surface area contributed by atoms with Gasteiger partial charge in [0.1, 0.15) is 11.5 Å². The summed E-state index contributed by atoms with van der Waals surface area (Å²) in [4.78, 5) is 21.4. The molecule has 2 atom stereocenters. The smallest absolute Gasteiger partial charge is 0.348 e. The van der Waals surface area contributed by atoms with Gasteiger partial charge in [-0.15, -0.1) is 0 Å². The third-order valence-corrected chi connectivity index (χ3v) is 6.85. The average Bonchev–Trinajstić information content (AvgIpc) is 2.95. The fourth-order valence-electron chi connectivity index (χ4n) is 4.31. The number of ether oxygens (including phenoxy) is 2. The van der Waals surface area contributed by atoms with E-state index in [9.17, 15) is 13.6 Å². The summed E-state index contributed by atoms with van der Waals surface area (Å²) in [6.45, 7) is 5.59. The molecule has 0 aliphatic heterocycles. The molecule has 216 valence electrons. The van der Waals surface area contributed by atoms with Gasteiger partial charge in [0.2, 0.25) is 5.67 Å². The van der Waals surface area contributed by atoms with Gasteiger partial charge >= 0.3 is 5.97 Å². The first-order valence-electron chi connectivity index (χ1n) is 14.5. The number of nitrogens with zero attached hydrogens (tertiary/aromatic N) is 2. The first-order valence-corrected chi connectivity index (χ1v) is 14.5. The molecule has 0 aliphatic rings. The lowest BCUT2D eigenvalue weighted by molar-refractivity contribution is -0.147. The Labute approximate surface area is 237 Å². The molecule has 0 spiro atoms. The van der Waals surface area contributed by atoms with Crippen LogP contribution >= 0.6 is 0 Å². The number of hydrogen-bond donors (Lipinski definition) is 0. The van der Waals surface area contributed by atoms with Gasteiger partial charge in [-0.1, -0.05) is 51.2 Å². The highest BCUT2D eigenvalue weighted by molar-refractivity contribution is 5.81. The Morgan fingerprint density at radius 1 is 0.825 bits per heavy atom. The molecule has 0 amide bonds. The van der Waals surface area contributed by atoms with Gasteiger partial charge in [0, 0.05) is 23.5 Å². The van der Waals surface area contributed by atoms with Gasteiger partial charge in [-0.25, -0.2) is 23.5 Å². The molecule has 0 saturated carbocycles. The fraction of sp³-hybridized carbons (Fsp3) is 0.485. The van der Waals surface area contributed by atoms with Crippen LogP contribution in [0.15, 0.2) is 60.9 Å². The van der Waals surface area contributed by atoms with Crippen molar-refractivity contribution in [3.63, 3.8) is 0 Å². The van der Waals surface area contributed by atoms with Gasteiger partial charge in [-0.05, 0) is 87.9 Å². The second-order valence-corrected chi connectivity index (χ2v) is 10.6. The summed E-state index contributed by atoms with van der Waals surface area (Å²) < 4.78 is 38.8. The van der Waals surface area contributed by atoms with E-state index in [1.54, 1.807) is 43.6 Å². The molecule has 5 nitrogen and oxygen atoms in total. The van der Waals surface area contributed by atoms with E-state index in [4.69, 9.17) is 9.47 Å². The zero-order valence-electron chi connectivity index (χ0n) is 24.0. The van der Waals surface area contributed by atoms with Crippen molar-refractivity contribution in [2.24, 2.45) is 0 Å². The molecule has 0 N–H and O–H groups in total. The van der Waals surface area contributed by atoms with Crippen molar-refractivity contribution in [3.8, 4) is 34.0 Å². The summed E-state index contributed by atoms with van der Waals surface area (Å²) in [5.41, 5.74) is 0.518. The number of alkyl halides is 2. The maximum atomic E-state index is 14.9. The van der Waals surface area contributed by atoms with E-state index in [0.29, 0.717) is 31.0 Å². The molecule has 40 heavy (non-hydrogen) atoms. The molecular weight excluding hydrogens is 510 g/mol. The Morgan fingerprint density at radius 3 is 2.08 bits per heavy atom. The Kier molecular flexibility index (Phi) is 12.5. The Bertz CT molecular complexity index is 1150. The molecule has 3 rings (SSSR count). The third kappa shape index (κ3) is 10.3. The standard InChI is InChI=1S/C33H42F2N2O3/c1-4-5-6-7-8-10-21-33(3,35)32(38)40-30-19-13-26(14-20-30)28-23-36-31(37-24-28)27-15-17-29(18-16-27)39-22-11-9-12-25(2)34/h13-20,23-25H,4-12,21-22H2,1-3H3/t25-,33+/m1/s1. The molecule has 0 unspecified atom stereocenters. The van der Waals surface area contributed by atoms with E-state index >= 15 is 0 Å². The van der Waals surface area contributed by atoms with Crippen LogP contribution in [0, 0.1) is 0 Å². The molecule has 0 radical (unpaired) electrons. The number of benzene rings is 2. The van der Waals surface area contributed by atoms with E-state index in [1.807, 2.05) is 24.3 Å². The maximum Gasteiger partial charge on any atom is 0.348 e. The van der Waals surface area contributed by atoms with Crippen LogP contribution in [0.5, 0.6) is 11.5 Å². The number of aromatic nitrogens is 2. The number of esters is 1. The highest BCUT2D eigenvalue weighted by Gasteiger charge is 2.34. The molecule has 1 heterocycles. The Hall–Kier alpha value is -3.35. The van der Waals surface area contributed by atoms with Crippen LogP contribution in [0.2, 0.25) is 0 Å². The highest BCUT2D eigenvalue weighted by Crippen LogP contribution is 2.27. The summed E-state index contributed by atoms with van der Waals surface area (Å²) in [5.74, 6) is 0.789. The van der Waals surface area contributed by atoms with E-state index in [-0.39, 0.29) is 6.42 Å². The monoisotopic (exact) mass is 552 g/mol. The van der Waals surface area contributed by atoms with Crippen molar-refractivity contribution in [3.05, 3.63) is 60.9 Å². The van der Waals surface area contributed by atoms with Gasteiger partial charge < -0.3 is 9.47 Å². The van der Waals surface area contributed by atoms with Gasteiger partial charge in [0.05, 0.1) is 12.8 Å². The van der Waals surface area contributed by atoms with E-state index in [0.717, 1.165) is 54.5 Å². The van der Waals surface area contributed by atoms with Gasteiger partial charge in [0.25, 0.3) is 0 Å². The molecular formula is C33H42F2N2O3. The lowest BCUT2D eigenvalue weighted by Gasteiger charge is -2.18. The van der Waals surface area contributed by atoms with Crippen molar-refractivity contribution in [1.29, 1.82) is 0 Å². The number of rotatable bonds is 17. The van der Waals surface area contributed by atoms with E-state index in [2.05, 4.69) is 16.9 Å². The topological polar surface area (TPSA) is 61.3 Å². The second kappa shape index (κ2) is 16.0. The minimum absolute atomic E-state index is 0.163. The average molecular weight is 553 g/mol. The molecule has 0 fully saturated rings. The van der Waals surface area contributed by atoms with Crippen LogP contribution in [0.25, 0.3) is 22.5 Å². The number of unbranched alkanes of at least 4 members (excludes halogenated alkanes) is 6. The predicted octanol–water partition coefficient (Wildman–Crippen LogP) is 9.10. The van der Waals surface area contributed by atoms with Crippen LogP contribution in [0.3, 0.4) is 0 Å². The molecule has 0 saturated heterocycles. The van der Waals surface area contributed by atoms with Gasteiger partial charge in [-0.3, -0.25) is 0 Å². The summed E-state index contributed by atoms with van der Waals surface area (Å²) in [6, 6.07) is 14.5. The van der Waals surface area contributed by atoms with Crippen molar-refractivity contribution >= 4 is 5.97 Å². The summed E-state index contributed by atoms with van der Waals surface area (Å²) in [5, 5.41) is 0. The van der Waals surface area contributed by atoms with Crippen LogP contribution in [-0.2, 0) is 4.79 Å². The molecule has 0 bridgehead atoms. The highest BCUT2D eigenvalue weighted by atomic mass is 19.1. The fourth-order valence-corrected chi connectivity index (χ4v) is 4.31. The first-order chi connectivity index (χ1) is 19.3. The van der Waals surface area contributed by atoms with Crippen LogP contribution < -0.4 is 9.47 Å². The Balaban J connectivity index is 1.49. The first kappa shape index (κ1) is 31.2. The minimum Gasteiger partial charge on any atom is -0.494 e. The lowest BCUT2D eigenvalue weighted by Crippen LogP contribution is -2.34. The van der Waals surface area contributed by atoms with Crippen LogP contribution in [0.1, 0.15) is 85.0 Å². The molecule has 7 heteroatoms. The van der Waals surface area contributed by atoms with Crippen LogP contribution in [-0.4, -0.2) is 34.4 Å². The van der Waals surface area contributed by atoms with Crippen molar-refractivity contribution in [2.45, 2.75) is 96.8 Å². The summed E-state index contributed by atoms with van der Waals surface area (Å²) in [7, 11) is 0. The van der Waals surface area contributed by atoms with Crippen LogP contribution in [0.4, 0.5) is 8.78 Å². The van der Waals surface area contributed by atoms with Gasteiger partial charge in [0.15, 0.2) is 5.82 Å².